The quantitative estimate of drug-likeness (QED) is 0.550. The van der Waals surface area contributed by atoms with Gasteiger partial charge in [0.25, 0.3) is 15.9 Å². The lowest BCUT2D eigenvalue weighted by Gasteiger charge is -2.16. The fraction of sp³-hybridized carbons (Fsp3) is 0.190. The number of anilines is 2. The molecule has 3 aromatic carbocycles. The number of hydrogen-bond acceptors (Lipinski definition) is 5. The van der Waals surface area contributed by atoms with Gasteiger partial charge in [0.15, 0.2) is 0 Å². The van der Waals surface area contributed by atoms with Crippen LogP contribution in [0.25, 0.3) is 10.8 Å². The largest absolute Gasteiger partial charge is 0.494 e. The maximum Gasteiger partial charge on any atom is 0.261 e. The van der Waals surface area contributed by atoms with Crippen molar-refractivity contribution >= 4 is 38.1 Å². The number of carbonyl (C=O) groups is 1. The molecule has 1 amide bonds. The number of fused-ring (bicyclic) bond motifs is 1. The Labute approximate surface area is 169 Å². The number of ether oxygens (including phenoxy) is 1. The maximum absolute atomic E-state index is 13.0. The topological polar surface area (TPSA) is 105 Å². The smallest absolute Gasteiger partial charge is 0.261 e. The Kier molecular flexibility index (Phi) is 6.05. The van der Waals surface area contributed by atoms with Crippen molar-refractivity contribution in [1.82, 2.24) is 0 Å². The Bertz CT molecular complexity index is 1140. The molecule has 152 valence electrons. The van der Waals surface area contributed by atoms with Crippen LogP contribution in [0.3, 0.4) is 0 Å². The second-order valence-corrected chi connectivity index (χ2v) is 8.10. The minimum absolute atomic E-state index is 0.0887. The van der Waals surface area contributed by atoms with Gasteiger partial charge < -0.3 is 15.2 Å². The van der Waals surface area contributed by atoms with Crippen molar-refractivity contribution in [2.45, 2.75) is 24.8 Å². The second-order valence-electron chi connectivity index (χ2n) is 6.42. The Morgan fingerprint density at radius 2 is 1.76 bits per heavy atom. The monoisotopic (exact) mass is 414 g/mol. The molecule has 0 saturated carbocycles. The summed E-state index contributed by atoms with van der Waals surface area (Å²) in [5.41, 5.74) is 0.349. The number of sulfonamides is 1. The molecule has 3 N–H and O–H groups in total. The summed E-state index contributed by atoms with van der Waals surface area (Å²) in [6.45, 7) is 3.53. The van der Waals surface area contributed by atoms with Crippen LogP contribution in [0.4, 0.5) is 11.4 Å². The van der Waals surface area contributed by atoms with Gasteiger partial charge in [-0.15, -0.1) is 0 Å². The van der Waals surface area contributed by atoms with Gasteiger partial charge in [0.1, 0.15) is 11.9 Å². The van der Waals surface area contributed by atoms with Crippen molar-refractivity contribution in [3.05, 3.63) is 60.7 Å². The normalized spacial score (nSPS) is 12.4. The first-order chi connectivity index (χ1) is 13.8. The SMILES string of the molecule is CCOc1ccc(NC(=O)C(C)O)c(NS(=O)(=O)c2ccc3ccccc3c2)c1. The molecule has 3 rings (SSSR count). The molecule has 1 atom stereocenters. The minimum Gasteiger partial charge on any atom is -0.494 e. The molecule has 8 heteroatoms. The molecule has 3 aromatic rings. The highest BCUT2D eigenvalue weighted by Crippen LogP contribution is 2.30. The summed E-state index contributed by atoms with van der Waals surface area (Å²) in [7, 11) is -3.93. The molecule has 0 aliphatic heterocycles. The van der Waals surface area contributed by atoms with Crippen molar-refractivity contribution in [3.63, 3.8) is 0 Å². The number of carbonyl (C=O) groups excluding carboxylic acids is 1. The van der Waals surface area contributed by atoms with E-state index in [1.807, 2.05) is 31.2 Å². The molecular formula is C21H22N2O5S. The molecular weight excluding hydrogens is 392 g/mol. The molecule has 1 unspecified atom stereocenters. The second kappa shape index (κ2) is 8.50. The molecule has 7 nitrogen and oxygen atoms in total. The minimum atomic E-state index is -3.93. The van der Waals surface area contributed by atoms with E-state index in [4.69, 9.17) is 4.74 Å². The van der Waals surface area contributed by atoms with Crippen LogP contribution in [0.5, 0.6) is 5.75 Å². The zero-order valence-electron chi connectivity index (χ0n) is 16.0. The van der Waals surface area contributed by atoms with Gasteiger partial charge in [0.05, 0.1) is 22.9 Å². The van der Waals surface area contributed by atoms with E-state index < -0.39 is 22.0 Å². The predicted octanol–water partition coefficient (Wildman–Crippen LogP) is 3.36. The van der Waals surface area contributed by atoms with E-state index in [9.17, 15) is 18.3 Å². The van der Waals surface area contributed by atoms with Crippen LogP contribution in [-0.4, -0.2) is 32.1 Å². The summed E-state index contributed by atoms with van der Waals surface area (Å²) in [5.74, 6) is -0.209. The summed E-state index contributed by atoms with van der Waals surface area (Å²) in [6, 6.07) is 16.9. The van der Waals surface area contributed by atoms with Crippen LogP contribution in [0.15, 0.2) is 65.6 Å². The lowest BCUT2D eigenvalue weighted by molar-refractivity contribution is -0.123. The molecule has 0 aromatic heterocycles. The molecule has 0 saturated heterocycles. The zero-order chi connectivity index (χ0) is 21.0. The number of hydrogen-bond donors (Lipinski definition) is 3. The highest BCUT2D eigenvalue weighted by atomic mass is 32.2. The molecule has 0 radical (unpaired) electrons. The Hall–Kier alpha value is -3.10. The summed E-state index contributed by atoms with van der Waals surface area (Å²) in [5, 5.41) is 13.7. The molecule has 0 spiro atoms. The molecule has 0 fully saturated rings. The average molecular weight is 414 g/mol. The van der Waals surface area contributed by atoms with Gasteiger partial charge in [-0.2, -0.15) is 0 Å². The highest BCUT2D eigenvalue weighted by Gasteiger charge is 2.19. The van der Waals surface area contributed by atoms with Gasteiger partial charge in [-0.05, 0) is 48.9 Å². The number of benzene rings is 3. The fourth-order valence-electron chi connectivity index (χ4n) is 2.75. The maximum atomic E-state index is 13.0. The third-order valence-corrected chi connectivity index (χ3v) is 5.58. The molecule has 0 aliphatic rings. The number of amides is 1. The van der Waals surface area contributed by atoms with Crippen LogP contribution >= 0.6 is 0 Å². The van der Waals surface area contributed by atoms with E-state index in [1.54, 1.807) is 18.2 Å². The number of aliphatic hydroxyl groups is 1. The zero-order valence-corrected chi connectivity index (χ0v) is 16.9. The highest BCUT2D eigenvalue weighted by molar-refractivity contribution is 7.92. The van der Waals surface area contributed by atoms with Crippen molar-refractivity contribution < 1.29 is 23.1 Å². The molecule has 0 bridgehead atoms. The van der Waals surface area contributed by atoms with Crippen molar-refractivity contribution in [2.75, 3.05) is 16.6 Å². The van der Waals surface area contributed by atoms with Crippen LogP contribution in [0.1, 0.15) is 13.8 Å². The lowest BCUT2D eigenvalue weighted by Crippen LogP contribution is -2.25. The first-order valence-corrected chi connectivity index (χ1v) is 10.6. The van der Waals surface area contributed by atoms with Crippen molar-refractivity contribution in [3.8, 4) is 5.75 Å². The van der Waals surface area contributed by atoms with E-state index in [-0.39, 0.29) is 16.3 Å². The summed E-state index contributed by atoms with van der Waals surface area (Å²) >= 11 is 0. The van der Waals surface area contributed by atoms with E-state index in [0.29, 0.717) is 12.4 Å². The Morgan fingerprint density at radius 1 is 1.03 bits per heavy atom. The summed E-state index contributed by atoms with van der Waals surface area (Å²) < 4.78 is 33.9. The average Bonchev–Trinajstić information content (AvgIpc) is 2.69. The fourth-order valence-corrected chi connectivity index (χ4v) is 3.85. The predicted molar refractivity (Wildman–Crippen MR) is 113 cm³/mol. The number of rotatable bonds is 7. The van der Waals surface area contributed by atoms with Crippen molar-refractivity contribution in [1.29, 1.82) is 0 Å². The Balaban J connectivity index is 1.98. The third-order valence-electron chi connectivity index (χ3n) is 4.21. The lowest BCUT2D eigenvalue weighted by atomic mass is 10.1. The standard InChI is InChI=1S/C21H22N2O5S/c1-3-28-17-9-11-19(22-21(25)14(2)24)20(13-17)23-29(26,27)18-10-8-15-6-4-5-7-16(15)12-18/h4-14,23-24H,3H2,1-2H3,(H,22,25). The Morgan fingerprint density at radius 3 is 2.45 bits per heavy atom. The first kappa shape index (κ1) is 20.6. The van der Waals surface area contributed by atoms with Crippen molar-refractivity contribution in [2.24, 2.45) is 0 Å². The van der Waals surface area contributed by atoms with Crippen LogP contribution in [-0.2, 0) is 14.8 Å². The van der Waals surface area contributed by atoms with Gasteiger partial charge in [0, 0.05) is 6.07 Å². The summed E-state index contributed by atoms with van der Waals surface area (Å²) in [6.07, 6.45) is -1.24. The van der Waals surface area contributed by atoms with Gasteiger partial charge in [0.2, 0.25) is 0 Å². The van der Waals surface area contributed by atoms with E-state index >= 15 is 0 Å². The van der Waals surface area contributed by atoms with E-state index in [0.717, 1.165) is 10.8 Å². The summed E-state index contributed by atoms with van der Waals surface area (Å²) in [4.78, 5) is 12.0. The molecule has 0 aliphatic carbocycles. The van der Waals surface area contributed by atoms with Gasteiger partial charge in [-0.25, -0.2) is 8.42 Å². The molecule has 0 heterocycles. The third kappa shape index (κ3) is 4.85. The number of nitrogens with one attached hydrogen (secondary N) is 2. The van der Waals surface area contributed by atoms with E-state index in [2.05, 4.69) is 10.0 Å². The first-order valence-electron chi connectivity index (χ1n) is 9.07. The van der Waals surface area contributed by atoms with Crippen LogP contribution < -0.4 is 14.8 Å². The molecule has 29 heavy (non-hydrogen) atoms. The number of aliphatic hydroxyl groups excluding tert-OH is 1. The van der Waals surface area contributed by atoms with Crippen LogP contribution in [0.2, 0.25) is 0 Å². The van der Waals surface area contributed by atoms with E-state index in [1.165, 1.54) is 25.1 Å². The van der Waals surface area contributed by atoms with Gasteiger partial charge >= 0.3 is 0 Å². The van der Waals surface area contributed by atoms with Crippen LogP contribution in [0, 0.1) is 0 Å². The van der Waals surface area contributed by atoms with Gasteiger partial charge in [-0.3, -0.25) is 9.52 Å². The van der Waals surface area contributed by atoms with Gasteiger partial charge in [-0.1, -0.05) is 30.3 Å².